The number of hydrogen-bond donors (Lipinski definition) is 1. The summed E-state index contributed by atoms with van der Waals surface area (Å²) in [7, 11) is 0. The number of thiophene rings is 1. The first kappa shape index (κ1) is 16.3. The number of nitrogens with zero attached hydrogens (tertiary/aromatic N) is 1. The van der Waals surface area contributed by atoms with E-state index in [1.165, 1.54) is 23.3 Å². The molecule has 0 spiro atoms. The van der Waals surface area contributed by atoms with Gasteiger partial charge in [0.2, 0.25) is 5.91 Å². The molecule has 1 atom stereocenters. The van der Waals surface area contributed by atoms with Gasteiger partial charge in [0.1, 0.15) is 0 Å². The molecule has 2 aromatic rings. The summed E-state index contributed by atoms with van der Waals surface area (Å²) in [6.45, 7) is 2.07. The van der Waals surface area contributed by atoms with Crippen molar-refractivity contribution < 1.29 is 9.59 Å². The molecular weight excluding hydrogens is 332 g/mol. The highest BCUT2D eigenvalue weighted by molar-refractivity contribution is 7.10. The molecule has 4 rings (SSSR count). The SMILES string of the molecule is CC1CCC(=O)N1c1ccc(NC(=O)c2csc3c2CCCC3)cc1. The fraction of sp³-hybridized carbons (Fsp3) is 0.400. The van der Waals surface area contributed by atoms with Gasteiger partial charge in [0.05, 0.1) is 5.56 Å². The van der Waals surface area contributed by atoms with Crippen LogP contribution in [0.1, 0.15) is 53.4 Å². The summed E-state index contributed by atoms with van der Waals surface area (Å²) in [5.74, 6) is 0.145. The van der Waals surface area contributed by atoms with Gasteiger partial charge in [-0.3, -0.25) is 9.59 Å². The molecule has 0 saturated carbocycles. The van der Waals surface area contributed by atoms with Crippen molar-refractivity contribution in [1.82, 2.24) is 0 Å². The lowest BCUT2D eigenvalue weighted by Crippen LogP contribution is -2.30. The predicted molar refractivity (Wildman–Crippen MR) is 102 cm³/mol. The zero-order chi connectivity index (χ0) is 17.4. The van der Waals surface area contributed by atoms with Crippen molar-refractivity contribution in [1.29, 1.82) is 0 Å². The Morgan fingerprint density at radius 2 is 1.92 bits per heavy atom. The summed E-state index contributed by atoms with van der Waals surface area (Å²) >= 11 is 1.71. The van der Waals surface area contributed by atoms with E-state index in [9.17, 15) is 9.59 Å². The van der Waals surface area contributed by atoms with Crippen molar-refractivity contribution in [2.24, 2.45) is 0 Å². The third-order valence-corrected chi connectivity index (χ3v) is 6.28. The van der Waals surface area contributed by atoms with Gasteiger partial charge in [-0.1, -0.05) is 0 Å². The van der Waals surface area contributed by atoms with Gasteiger partial charge < -0.3 is 10.2 Å². The van der Waals surface area contributed by atoms with Gasteiger partial charge in [-0.25, -0.2) is 0 Å². The molecule has 1 saturated heterocycles. The van der Waals surface area contributed by atoms with Crippen LogP contribution in [-0.2, 0) is 17.6 Å². The number of aryl methyl sites for hydroxylation is 1. The molecule has 1 aromatic heterocycles. The van der Waals surface area contributed by atoms with Gasteiger partial charge in [-0.05, 0) is 68.9 Å². The van der Waals surface area contributed by atoms with E-state index >= 15 is 0 Å². The highest BCUT2D eigenvalue weighted by atomic mass is 32.1. The summed E-state index contributed by atoms with van der Waals surface area (Å²) in [4.78, 5) is 27.8. The van der Waals surface area contributed by atoms with Crippen LogP contribution in [0.25, 0.3) is 0 Å². The number of hydrogen-bond acceptors (Lipinski definition) is 3. The number of anilines is 2. The van der Waals surface area contributed by atoms with Crippen LogP contribution in [0, 0.1) is 0 Å². The van der Waals surface area contributed by atoms with E-state index in [-0.39, 0.29) is 17.9 Å². The van der Waals surface area contributed by atoms with Crippen LogP contribution >= 0.6 is 11.3 Å². The molecular formula is C20H22N2O2S. The summed E-state index contributed by atoms with van der Waals surface area (Å²) in [6.07, 6.45) is 6.02. The van der Waals surface area contributed by atoms with E-state index in [0.29, 0.717) is 6.42 Å². The molecule has 5 heteroatoms. The zero-order valence-electron chi connectivity index (χ0n) is 14.4. The van der Waals surface area contributed by atoms with Crippen molar-refractivity contribution in [3.8, 4) is 0 Å². The molecule has 2 aliphatic rings. The molecule has 1 aliphatic carbocycles. The van der Waals surface area contributed by atoms with Gasteiger partial charge in [-0.2, -0.15) is 0 Å². The van der Waals surface area contributed by atoms with Crippen molar-refractivity contribution >= 4 is 34.5 Å². The number of benzene rings is 1. The topological polar surface area (TPSA) is 49.4 Å². The Balaban J connectivity index is 1.49. The van der Waals surface area contributed by atoms with E-state index in [4.69, 9.17) is 0 Å². The summed E-state index contributed by atoms with van der Waals surface area (Å²) in [6, 6.07) is 7.83. The molecule has 0 radical (unpaired) electrons. The van der Waals surface area contributed by atoms with Crippen LogP contribution in [-0.4, -0.2) is 17.9 Å². The lowest BCUT2D eigenvalue weighted by atomic mass is 9.95. The van der Waals surface area contributed by atoms with Gasteiger partial charge in [0.15, 0.2) is 0 Å². The van der Waals surface area contributed by atoms with E-state index in [0.717, 1.165) is 36.2 Å². The maximum Gasteiger partial charge on any atom is 0.256 e. The highest BCUT2D eigenvalue weighted by Gasteiger charge is 2.28. The van der Waals surface area contributed by atoms with E-state index in [1.54, 1.807) is 11.3 Å². The van der Waals surface area contributed by atoms with Crippen LogP contribution in [0.3, 0.4) is 0 Å². The third kappa shape index (κ3) is 3.09. The van der Waals surface area contributed by atoms with Crippen molar-refractivity contribution in [3.05, 3.63) is 45.6 Å². The van der Waals surface area contributed by atoms with Crippen LogP contribution < -0.4 is 10.2 Å². The number of fused-ring (bicyclic) bond motifs is 1. The number of nitrogens with one attached hydrogen (secondary N) is 1. The lowest BCUT2D eigenvalue weighted by molar-refractivity contribution is -0.117. The Kier molecular flexibility index (Phi) is 4.34. The Morgan fingerprint density at radius 1 is 1.16 bits per heavy atom. The molecule has 130 valence electrons. The van der Waals surface area contributed by atoms with Crippen LogP contribution in [0.2, 0.25) is 0 Å². The molecule has 4 nitrogen and oxygen atoms in total. The van der Waals surface area contributed by atoms with E-state index < -0.39 is 0 Å². The molecule has 1 aromatic carbocycles. The Hall–Kier alpha value is -2.14. The highest BCUT2D eigenvalue weighted by Crippen LogP contribution is 2.31. The molecule has 0 bridgehead atoms. The fourth-order valence-electron chi connectivity index (χ4n) is 3.81. The fourth-order valence-corrected chi connectivity index (χ4v) is 4.94. The van der Waals surface area contributed by atoms with Crippen LogP contribution in [0.5, 0.6) is 0 Å². The molecule has 25 heavy (non-hydrogen) atoms. The number of amides is 2. The maximum atomic E-state index is 12.6. The van der Waals surface area contributed by atoms with Crippen LogP contribution in [0.15, 0.2) is 29.6 Å². The largest absolute Gasteiger partial charge is 0.322 e. The van der Waals surface area contributed by atoms with Gasteiger partial charge in [-0.15, -0.1) is 11.3 Å². The van der Waals surface area contributed by atoms with Crippen molar-refractivity contribution in [2.75, 3.05) is 10.2 Å². The van der Waals surface area contributed by atoms with Crippen molar-refractivity contribution in [3.63, 3.8) is 0 Å². The Morgan fingerprint density at radius 3 is 2.64 bits per heavy atom. The first-order valence-corrected chi connectivity index (χ1v) is 9.84. The third-order valence-electron chi connectivity index (χ3n) is 5.19. The second-order valence-corrected chi connectivity index (χ2v) is 7.87. The quantitative estimate of drug-likeness (QED) is 0.888. The first-order valence-electron chi connectivity index (χ1n) is 8.96. The van der Waals surface area contributed by atoms with Crippen molar-refractivity contribution in [2.45, 2.75) is 51.5 Å². The smallest absolute Gasteiger partial charge is 0.256 e. The standard InChI is InChI=1S/C20H22N2O2S/c1-13-6-11-19(23)22(13)15-9-7-14(8-10-15)21-20(24)17-12-25-18-5-3-2-4-16(17)18/h7-10,12-13H,2-6,11H2,1H3,(H,21,24). The van der Waals surface area contributed by atoms with Gasteiger partial charge in [0, 0.05) is 34.1 Å². The van der Waals surface area contributed by atoms with Gasteiger partial charge >= 0.3 is 0 Å². The normalized spacial score (nSPS) is 19.8. The molecule has 1 unspecified atom stereocenters. The number of rotatable bonds is 3. The average molecular weight is 354 g/mol. The zero-order valence-corrected chi connectivity index (χ0v) is 15.2. The van der Waals surface area contributed by atoms with Crippen LogP contribution in [0.4, 0.5) is 11.4 Å². The van der Waals surface area contributed by atoms with E-state index in [2.05, 4.69) is 12.2 Å². The summed E-state index contributed by atoms with van der Waals surface area (Å²) in [5.41, 5.74) is 3.73. The first-order chi connectivity index (χ1) is 12.1. The minimum Gasteiger partial charge on any atom is -0.322 e. The second kappa shape index (κ2) is 6.64. The lowest BCUT2D eigenvalue weighted by Gasteiger charge is -2.22. The molecule has 1 N–H and O–H groups in total. The predicted octanol–water partition coefficient (Wildman–Crippen LogP) is 4.39. The van der Waals surface area contributed by atoms with Gasteiger partial charge in [0.25, 0.3) is 5.91 Å². The van der Waals surface area contributed by atoms with E-state index in [1.807, 2.05) is 34.5 Å². The molecule has 2 amide bonds. The minimum absolute atomic E-state index is 0.0298. The Bertz CT molecular complexity index is 810. The molecule has 1 fully saturated rings. The summed E-state index contributed by atoms with van der Waals surface area (Å²) < 4.78 is 0. The molecule has 2 heterocycles. The summed E-state index contributed by atoms with van der Waals surface area (Å²) in [5, 5.41) is 4.99. The minimum atomic E-state index is -0.0298. The number of carbonyl (C=O) groups is 2. The average Bonchev–Trinajstić information content (AvgIpc) is 3.19. The number of carbonyl (C=O) groups excluding carboxylic acids is 2. The molecule has 1 aliphatic heterocycles. The second-order valence-electron chi connectivity index (χ2n) is 6.91. The Labute approximate surface area is 151 Å². The maximum absolute atomic E-state index is 12.6. The monoisotopic (exact) mass is 354 g/mol.